The molecule has 0 unspecified atom stereocenters. The number of halogens is 2. The normalized spacial score (nSPS) is 9.57. The van der Waals surface area contributed by atoms with Crippen molar-refractivity contribution in [2.45, 2.75) is 6.42 Å². The number of aromatic nitrogens is 1. The Labute approximate surface area is 113 Å². The van der Waals surface area contributed by atoms with E-state index in [1.165, 1.54) is 24.2 Å². The Morgan fingerprint density at radius 1 is 1.29 bits per heavy atom. The van der Waals surface area contributed by atoms with Crippen LogP contribution in [0.25, 0.3) is 0 Å². The van der Waals surface area contributed by atoms with Crippen molar-refractivity contribution in [3.63, 3.8) is 0 Å². The summed E-state index contributed by atoms with van der Waals surface area (Å²) in [6.07, 6.45) is 14.6. The third-order valence-electron chi connectivity index (χ3n) is 1.03. The summed E-state index contributed by atoms with van der Waals surface area (Å²) in [5.74, 6) is 0. The summed E-state index contributed by atoms with van der Waals surface area (Å²) in [4.78, 5) is 2.74. The number of rotatable bonds is 0. The fourth-order valence-electron chi connectivity index (χ4n) is 0.581. The molecule has 1 aromatic heterocycles. The molecule has 1 N–H and O–H groups in total. The third kappa shape index (κ3) is 14.6. The molecule has 0 spiro atoms. The van der Waals surface area contributed by atoms with Crippen LogP contribution >= 0.6 is 0 Å². The zero-order valence-electron chi connectivity index (χ0n) is 7.63. The SMILES string of the molecule is [C-]1=CC=CC1.[CH2]=[Zr+2].[Cl-].[Cl-].[c-]1ccc[nH]1. The maximum absolute atomic E-state index is 3.34. The number of hydrogen-bond donors (Lipinski definition) is 1. The van der Waals surface area contributed by atoms with Gasteiger partial charge in [0.25, 0.3) is 0 Å². The van der Waals surface area contributed by atoms with Crippen molar-refractivity contribution in [2.24, 2.45) is 0 Å². The van der Waals surface area contributed by atoms with Gasteiger partial charge in [0.05, 0.1) is 0 Å². The quantitative estimate of drug-likeness (QED) is 0.472. The van der Waals surface area contributed by atoms with Gasteiger partial charge in [0.15, 0.2) is 0 Å². The third-order valence-corrected chi connectivity index (χ3v) is 1.03. The number of nitrogens with one attached hydrogen (secondary N) is 1. The summed E-state index contributed by atoms with van der Waals surface area (Å²) in [5, 5.41) is 0. The van der Waals surface area contributed by atoms with Crippen LogP contribution in [0.1, 0.15) is 6.42 Å². The van der Waals surface area contributed by atoms with Gasteiger partial charge >= 0.3 is 28.4 Å². The molecule has 1 aliphatic rings. The van der Waals surface area contributed by atoms with E-state index in [0.717, 1.165) is 6.42 Å². The first kappa shape index (κ1) is 19.6. The summed E-state index contributed by atoms with van der Waals surface area (Å²) < 4.78 is 3.34. The second-order valence-electron chi connectivity index (χ2n) is 1.82. The van der Waals surface area contributed by atoms with Gasteiger partial charge in [-0.25, -0.2) is 12.2 Å². The van der Waals surface area contributed by atoms with E-state index in [1.807, 2.05) is 30.5 Å². The van der Waals surface area contributed by atoms with Gasteiger partial charge in [-0.3, -0.25) is 6.08 Å². The fraction of sp³-hybridized carbons (Fsp3) is 0.100. The molecule has 0 bridgehead atoms. The second kappa shape index (κ2) is 18.8. The van der Waals surface area contributed by atoms with E-state index in [4.69, 9.17) is 0 Å². The van der Waals surface area contributed by atoms with Crippen LogP contribution in [-0.4, -0.2) is 9.20 Å². The second-order valence-corrected chi connectivity index (χ2v) is 1.82. The molecule has 0 fully saturated rings. The van der Waals surface area contributed by atoms with Gasteiger partial charge in [-0.05, 0) is 0 Å². The summed E-state index contributed by atoms with van der Waals surface area (Å²) in [6, 6.07) is 3.71. The molecule has 4 heteroatoms. The Balaban J connectivity index is -0.000000131. The number of H-pyrrole nitrogens is 1. The van der Waals surface area contributed by atoms with Gasteiger partial charge < -0.3 is 29.8 Å². The van der Waals surface area contributed by atoms with Crippen molar-refractivity contribution < 1.29 is 49.0 Å². The molecule has 0 saturated carbocycles. The maximum Gasteiger partial charge on any atom is -0.108 e. The van der Waals surface area contributed by atoms with Gasteiger partial charge in [-0.1, -0.05) is 0 Å². The fourth-order valence-corrected chi connectivity index (χ4v) is 0.581. The monoisotopic (exact) mass is 305 g/mol. The number of hydrogen-bond acceptors (Lipinski definition) is 0. The van der Waals surface area contributed by atoms with E-state index in [9.17, 15) is 0 Å². The molecule has 1 heterocycles. The zero-order valence-corrected chi connectivity index (χ0v) is 11.6. The van der Waals surface area contributed by atoms with Gasteiger partial charge in [-0.2, -0.15) is 24.4 Å². The predicted octanol–water partition coefficient (Wildman–Crippen LogP) is -3.91. The molecule has 0 radical (unpaired) electrons. The Morgan fingerprint density at radius 3 is 2.14 bits per heavy atom. The maximum atomic E-state index is 3.34. The van der Waals surface area contributed by atoms with Gasteiger partial charge in [0.1, 0.15) is 0 Å². The van der Waals surface area contributed by atoms with Crippen molar-refractivity contribution in [3.8, 4) is 0 Å². The minimum absolute atomic E-state index is 0. The van der Waals surface area contributed by atoms with Crippen LogP contribution in [0.5, 0.6) is 0 Å². The predicted molar refractivity (Wildman–Crippen MR) is 48.3 cm³/mol. The van der Waals surface area contributed by atoms with Crippen LogP contribution in [-0.2, 0) is 24.2 Å². The van der Waals surface area contributed by atoms with Crippen LogP contribution in [0.15, 0.2) is 36.6 Å². The average Bonchev–Trinajstić information content (AvgIpc) is 2.87. The van der Waals surface area contributed by atoms with Gasteiger partial charge in [-0.15, -0.1) is 12.6 Å². The summed E-state index contributed by atoms with van der Waals surface area (Å²) in [6.45, 7) is 0. The Hall–Kier alpha value is 0.0931. The van der Waals surface area contributed by atoms with Gasteiger partial charge in [0.2, 0.25) is 0 Å². The van der Waals surface area contributed by atoms with Gasteiger partial charge in [0, 0.05) is 0 Å². The molecule has 1 aromatic rings. The largest absolute Gasteiger partial charge is 1.00 e. The van der Waals surface area contributed by atoms with Crippen LogP contribution in [0.3, 0.4) is 0 Å². The first-order valence-corrected chi connectivity index (χ1v) is 5.30. The Kier molecular flexibility index (Phi) is 26.4. The van der Waals surface area contributed by atoms with Crippen LogP contribution in [0.2, 0.25) is 0 Å². The van der Waals surface area contributed by atoms with E-state index in [2.05, 4.69) is 27.5 Å². The van der Waals surface area contributed by atoms with E-state index in [0.29, 0.717) is 0 Å². The molecule has 0 saturated heterocycles. The van der Waals surface area contributed by atoms with E-state index in [1.54, 1.807) is 0 Å². The Bertz CT molecular complexity index is 193. The Morgan fingerprint density at radius 2 is 2.00 bits per heavy atom. The molecular weight excluding hydrogens is 296 g/mol. The smallest absolute Gasteiger partial charge is 0.108 e. The molecule has 0 amide bonds. The molecule has 0 atom stereocenters. The van der Waals surface area contributed by atoms with Crippen LogP contribution in [0, 0.1) is 12.3 Å². The first-order chi connectivity index (χ1) is 6.00. The summed E-state index contributed by atoms with van der Waals surface area (Å²) in [5.41, 5.74) is 0. The molecule has 0 aromatic carbocycles. The van der Waals surface area contributed by atoms with Crippen molar-refractivity contribution in [1.29, 1.82) is 0 Å². The minimum atomic E-state index is 0. The minimum Gasteiger partial charge on any atom is -1.00 e. The molecule has 14 heavy (non-hydrogen) atoms. The van der Waals surface area contributed by atoms with E-state index in [-0.39, 0.29) is 24.8 Å². The average molecular weight is 307 g/mol. The molecule has 76 valence electrons. The first-order valence-electron chi connectivity index (χ1n) is 3.56. The summed E-state index contributed by atoms with van der Waals surface area (Å²) >= 11 is 1.30. The molecular formula is C10H11Cl2NZr-2. The van der Waals surface area contributed by atoms with Crippen molar-refractivity contribution in [1.82, 2.24) is 4.98 Å². The zero-order chi connectivity index (χ0) is 9.07. The van der Waals surface area contributed by atoms with Crippen molar-refractivity contribution >= 4 is 4.21 Å². The summed E-state index contributed by atoms with van der Waals surface area (Å²) in [7, 11) is 0. The number of aromatic amines is 1. The van der Waals surface area contributed by atoms with Crippen molar-refractivity contribution in [2.75, 3.05) is 0 Å². The number of allylic oxidation sites excluding steroid dienone is 4. The molecule has 1 aliphatic carbocycles. The van der Waals surface area contributed by atoms with E-state index >= 15 is 0 Å². The standard InChI is InChI=1S/C5H5.C4H4N.CH2.2ClH.Zr/c2*1-2-4-5-3-1;;;;/h1-3H,4H2;1-3,5H;1H2;2*1H;/q2*-1;;;;+2/p-2. The van der Waals surface area contributed by atoms with E-state index < -0.39 is 0 Å². The molecule has 1 nitrogen and oxygen atoms in total. The van der Waals surface area contributed by atoms with Crippen LogP contribution < -0.4 is 24.8 Å². The van der Waals surface area contributed by atoms with Crippen molar-refractivity contribution in [3.05, 3.63) is 48.8 Å². The molecule has 2 rings (SSSR count). The van der Waals surface area contributed by atoms with Crippen LogP contribution in [0.4, 0.5) is 0 Å². The topological polar surface area (TPSA) is 15.8 Å². The molecule has 0 aliphatic heterocycles.